The van der Waals surface area contributed by atoms with Crippen LogP contribution in [0.5, 0.6) is 0 Å². The fourth-order valence-corrected chi connectivity index (χ4v) is 1.05. The van der Waals surface area contributed by atoms with Gasteiger partial charge in [-0.3, -0.25) is 0 Å². The highest BCUT2D eigenvalue weighted by molar-refractivity contribution is 4.87. The van der Waals surface area contributed by atoms with E-state index >= 15 is 0 Å². The number of rotatable bonds is 8. The Hall–Kier alpha value is -0.410. The molecule has 0 rings (SSSR count). The van der Waals surface area contributed by atoms with Gasteiger partial charge in [-0.15, -0.1) is 6.58 Å². The molecule has 0 spiro atoms. The van der Waals surface area contributed by atoms with Crippen molar-refractivity contribution in [3.05, 3.63) is 12.7 Å². The Labute approximate surface area is 92.5 Å². The largest absolute Gasteiger partial charge is 0.375 e. The molecule has 90 valence electrons. The van der Waals surface area contributed by atoms with Crippen LogP contribution in [0.4, 0.5) is 4.39 Å². The van der Waals surface area contributed by atoms with E-state index < -0.39 is 5.67 Å². The van der Waals surface area contributed by atoms with E-state index in [9.17, 15) is 4.39 Å². The van der Waals surface area contributed by atoms with Crippen molar-refractivity contribution < 1.29 is 13.9 Å². The van der Waals surface area contributed by atoms with Crippen LogP contribution >= 0.6 is 0 Å². The molecule has 0 saturated heterocycles. The van der Waals surface area contributed by atoms with Crippen LogP contribution in [0.1, 0.15) is 34.1 Å². The predicted octanol–water partition coefficient (Wildman–Crippen LogP) is 3.12. The molecule has 0 aromatic heterocycles. The van der Waals surface area contributed by atoms with E-state index in [1.54, 1.807) is 6.08 Å². The van der Waals surface area contributed by atoms with E-state index in [2.05, 4.69) is 6.58 Å². The summed E-state index contributed by atoms with van der Waals surface area (Å²) in [5, 5.41) is 0. The molecule has 0 fully saturated rings. The Kier molecular flexibility index (Phi) is 6.77. The number of alkyl halides is 1. The van der Waals surface area contributed by atoms with Crippen molar-refractivity contribution in [3.63, 3.8) is 0 Å². The summed E-state index contributed by atoms with van der Waals surface area (Å²) in [5.41, 5.74) is -1.45. The zero-order valence-electron chi connectivity index (χ0n) is 10.3. The van der Waals surface area contributed by atoms with Crippen molar-refractivity contribution >= 4 is 0 Å². The third-order valence-electron chi connectivity index (χ3n) is 1.86. The Morgan fingerprint density at radius 2 is 1.53 bits per heavy atom. The molecule has 3 heteroatoms. The Bertz CT molecular complexity index is 166. The quantitative estimate of drug-likeness (QED) is 0.583. The molecule has 15 heavy (non-hydrogen) atoms. The molecule has 2 nitrogen and oxygen atoms in total. The van der Waals surface area contributed by atoms with Gasteiger partial charge in [0.25, 0.3) is 0 Å². The highest BCUT2D eigenvalue weighted by Gasteiger charge is 2.29. The van der Waals surface area contributed by atoms with Crippen molar-refractivity contribution in [2.24, 2.45) is 0 Å². The van der Waals surface area contributed by atoms with Crippen LogP contribution in [0.3, 0.4) is 0 Å². The van der Waals surface area contributed by atoms with Gasteiger partial charge in [0.15, 0.2) is 5.67 Å². The van der Waals surface area contributed by atoms with Crippen molar-refractivity contribution in [1.82, 2.24) is 0 Å². The minimum absolute atomic E-state index is 0.0315. The summed E-state index contributed by atoms with van der Waals surface area (Å²) in [7, 11) is 0. The maximum atomic E-state index is 14.2. The normalized spacial score (nSPS) is 12.5. The molecule has 0 aliphatic heterocycles. The second kappa shape index (κ2) is 6.96. The molecule has 0 unspecified atom stereocenters. The monoisotopic (exact) mass is 218 g/mol. The van der Waals surface area contributed by atoms with Crippen LogP contribution < -0.4 is 0 Å². The second-order valence-corrected chi connectivity index (χ2v) is 4.36. The SMILES string of the molecule is C=CCC(F)(COC(C)C)COC(C)C. The van der Waals surface area contributed by atoms with Gasteiger partial charge in [-0.1, -0.05) is 6.08 Å². The van der Waals surface area contributed by atoms with Gasteiger partial charge in [-0.2, -0.15) is 0 Å². The van der Waals surface area contributed by atoms with Crippen LogP contribution in [0, 0.1) is 0 Å². The lowest BCUT2D eigenvalue weighted by Crippen LogP contribution is -2.36. The lowest BCUT2D eigenvalue weighted by atomic mass is 10.0. The van der Waals surface area contributed by atoms with Gasteiger partial charge in [0.2, 0.25) is 0 Å². The molecule has 0 radical (unpaired) electrons. The number of hydrogen-bond acceptors (Lipinski definition) is 2. The van der Waals surface area contributed by atoms with Gasteiger partial charge < -0.3 is 9.47 Å². The molecule has 0 heterocycles. The Balaban J connectivity index is 4.11. The topological polar surface area (TPSA) is 18.5 Å². The molecule has 0 saturated carbocycles. The lowest BCUT2D eigenvalue weighted by molar-refractivity contribution is -0.0710. The molecule has 0 aliphatic rings. The fraction of sp³-hybridized carbons (Fsp3) is 0.833. The molecule has 0 N–H and O–H groups in total. The van der Waals surface area contributed by atoms with Gasteiger partial charge >= 0.3 is 0 Å². The average Bonchev–Trinajstić information content (AvgIpc) is 2.13. The molecule has 0 aromatic rings. The summed E-state index contributed by atoms with van der Waals surface area (Å²) in [4.78, 5) is 0. The first-order chi connectivity index (χ1) is 6.89. The highest BCUT2D eigenvalue weighted by Crippen LogP contribution is 2.19. The molecular formula is C12H23FO2. The average molecular weight is 218 g/mol. The van der Waals surface area contributed by atoms with Crippen molar-refractivity contribution in [1.29, 1.82) is 0 Å². The van der Waals surface area contributed by atoms with Crippen LogP contribution in [0.15, 0.2) is 12.7 Å². The van der Waals surface area contributed by atoms with Crippen molar-refractivity contribution in [2.45, 2.75) is 52.0 Å². The zero-order valence-corrected chi connectivity index (χ0v) is 10.3. The summed E-state index contributed by atoms with van der Waals surface area (Å²) in [6, 6.07) is 0. The summed E-state index contributed by atoms with van der Waals surface area (Å²) >= 11 is 0. The molecule has 0 aromatic carbocycles. The minimum Gasteiger partial charge on any atom is -0.375 e. The smallest absolute Gasteiger partial charge is 0.160 e. The lowest BCUT2D eigenvalue weighted by Gasteiger charge is -2.25. The molecule has 0 bridgehead atoms. The van der Waals surface area contributed by atoms with E-state index in [1.807, 2.05) is 27.7 Å². The molecule has 0 aliphatic carbocycles. The van der Waals surface area contributed by atoms with Gasteiger partial charge in [0, 0.05) is 6.42 Å². The first kappa shape index (κ1) is 14.6. The van der Waals surface area contributed by atoms with E-state index in [4.69, 9.17) is 9.47 Å². The van der Waals surface area contributed by atoms with Gasteiger partial charge in [-0.25, -0.2) is 4.39 Å². The third-order valence-corrected chi connectivity index (χ3v) is 1.86. The summed E-state index contributed by atoms with van der Waals surface area (Å²) in [6.45, 7) is 11.2. The van der Waals surface area contributed by atoms with E-state index in [-0.39, 0.29) is 31.8 Å². The van der Waals surface area contributed by atoms with Crippen LogP contribution in [-0.4, -0.2) is 31.1 Å². The Morgan fingerprint density at radius 1 is 1.13 bits per heavy atom. The standard InChI is InChI=1S/C12H23FO2/c1-6-7-12(13,8-14-10(2)3)9-15-11(4)5/h6,10-11H,1,7-9H2,2-5H3. The highest BCUT2D eigenvalue weighted by atomic mass is 19.1. The molecule has 0 atom stereocenters. The summed E-state index contributed by atoms with van der Waals surface area (Å²) in [6.07, 6.45) is 1.88. The first-order valence-corrected chi connectivity index (χ1v) is 5.42. The van der Waals surface area contributed by atoms with Crippen LogP contribution in [0.25, 0.3) is 0 Å². The fourth-order valence-electron chi connectivity index (χ4n) is 1.05. The van der Waals surface area contributed by atoms with E-state index in [0.717, 1.165) is 0 Å². The predicted molar refractivity (Wildman–Crippen MR) is 60.8 cm³/mol. The summed E-state index contributed by atoms with van der Waals surface area (Å²) in [5.74, 6) is 0. The number of allylic oxidation sites excluding steroid dienone is 1. The molecular weight excluding hydrogens is 195 g/mol. The first-order valence-electron chi connectivity index (χ1n) is 5.42. The molecule has 0 amide bonds. The second-order valence-electron chi connectivity index (χ2n) is 4.36. The van der Waals surface area contributed by atoms with E-state index in [1.165, 1.54) is 0 Å². The number of hydrogen-bond donors (Lipinski definition) is 0. The van der Waals surface area contributed by atoms with Gasteiger partial charge in [0.1, 0.15) is 0 Å². The van der Waals surface area contributed by atoms with Crippen LogP contribution in [-0.2, 0) is 9.47 Å². The van der Waals surface area contributed by atoms with Crippen molar-refractivity contribution in [3.8, 4) is 0 Å². The third kappa shape index (κ3) is 7.51. The number of ether oxygens (including phenoxy) is 2. The van der Waals surface area contributed by atoms with E-state index in [0.29, 0.717) is 0 Å². The van der Waals surface area contributed by atoms with Gasteiger partial charge in [0.05, 0.1) is 25.4 Å². The summed E-state index contributed by atoms with van der Waals surface area (Å²) < 4.78 is 24.8. The zero-order chi connectivity index (χ0) is 11.9. The minimum atomic E-state index is -1.45. The van der Waals surface area contributed by atoms with Crippen LogP contribution in [0.2, 0.25) is 0 Å². The maximum absolute atomic E-state index is 14.2. The van der Waals surface area contributed by atoms with Crippen molar-refractivity contribution in [2.75, 3.05) is 13.2 Å². The van der Waals surface area contributed by atoms with Gasteiger partial charge in [-0.05, 0) is 27.7 Å². The maximum Gasteiger partial charge on any atom is 0.160 e. The number of halogens is 1. The Morgan fingerprint density at radius 3 is 1.80 bits per heavy atom.